The molecule has 0 unspecified atom stereocenters. The molecule has 5 rings (SSSR count). The third-order valence-electron chi connectivity index (χ3n) is 6.31. The van der Waals surface area contributed by atoms with Gasteiger partial charge in [0.1, 0.15) is 12.0 Å². The number of hydrogen-bond acceptors (Lipinski definition) is 6. The number of carbonyl (C=O) groups is 1. The minimum absolute atomic E-state index is 0.00541. The molecule has 172 valence electrons. The van der Waals surface area contributed by atoms with Gasteiger partial charge in [-0.05, 0) is 30.7 Å². The Bertz CT molecular complexity index is 1350. The number of fused-ring (bicyclic) bond motifs is 1. The maximum absolute atomic E-state index is 13.9. The summed E-state index contributed by atoms with van der Waals surface area (Å²) in [5, 5.41) is 11.8. The number of aromatic nitrogens is 3. The Kier molecular flexibility index (Phi) is 5.67. The first-order valence-corrected chi connectivity index (χ1v) is 11.2. The molecule has 1 aliphatic heterocycles. The van der Waals surface area contributed by atoms with Gasteiger partial charge in [-0.25, -0.2) is 4.98 Å². The summed E-state index contributed by atoms with van der Waals surface area (Å²) in [5.41, 5.74) is 3.41. The Morgan fingerprint density at radius 3 is 2.59 bits per heavy atom. The van der Waals surface area contributed by atoms with Gasteiger partial charge in [0.05, 0.1) is 16.2 Å². The van der Waals surface area contributed by atoms with Gasteiger partial charge >= 0.3 is 0 Å². The number of para-hydroxylation sites is 1. The molecule has 0 N–H and O–H groups in total. The van der Waals surface area contributed by atoms with Crippen LogP contribution in [0.3, 0.4) is 0 Å². The number of nitrogens with zero attached hydrogens (tertiary/aromatic N) is 6. The van der Waals surface area contributed by atoms with E-state index < -0.39 is 4.92 Å². The van der Waals surface area contributed by atoms with Crippen LogP contribution in [0, 0.1) is 10.1 Å². The van der Waals surface area contributed by atoms with E-state index in [1.165, 1.54) is 12.3 Å². The minimum atomic E-state index is -0.455. The molecule has 9 nitrogen and oxygen atoms in total. The third-order valence-corrected chi connectivity index (χ3v) is 6.31. The van der Waals surface area contributed by atoms with Crippen LogP contribution >= 0.6 is 0 Å². The van der Waals surface area contributed by atoms with Crippen LogP contribution in [-0.2, 0) is 7.05 Å². The second-order valence-electron chi connectivity index (χ2n) is 8.31. The van der Waals surface area contributed by atoms with Gasteiger partial charge in [0.25, 0.3) is 11.6 Å². The number of amides is 1. The van der Waals surface area contributed by atoms with Crippen molar-refractivity contribution in [1.82, 2.24) is 19.4 Å². The second-order valence-corrected chi connectivity index (χ2v) is 8.31. The Hall–Kier alpha value is -4.27. The summed E-state index contributed by atoms with van der Waals surface area (Å²) in [6.07, 6.45) is 5.56. The van der Waals surface area contributed by atoms with E-state index in [0.717, 1.165) is 35.1 Å². The van der Waals surface area contributed by atoms with E-state index in [2.05, 4.69) is 19.4 Å². The highest BCUT2D eigenvalue weighted by Gasteiger charge is 2.28. The molecule has 1 aromatic carbocycles. The first-order chi connectivity index (χ1) is 16.5. The maximum Gasteiger partial charge on any atom is 0.287 e. The fourth-order valence-electron chi connectivity index (χ4n) is 4.63. The molecule has 1 fully saturated rings. The number of nitro groups is 1. The molecule has 0 saturated carbocycles. The normalized spacial score (nSPS) is 14.3. The molecule has 9 heteroatoms. The third kappa shape index (κ3) is 3.85. The number of anilines is 1. The Morgan fingerprint density at radius 1 is 1.00 bits per heavy atom. The lowest BCUT2D eigenvalue weighted by molar-refractivity contribution is -0.385. The quantitative estimate of drug-likeness (QED) is 0.341. The number of benzene rings is 1. The summed E-state index contributed by atoms with van der Waals surface area (Å²) in [7, 11) is 1.98. The minimum Gasteiger partial charge on any atom is -0.355 e. The van der Waals surface area contributed by atoms with Crippen molar-refractivity contribution in [3.8, 4) is 11.3 Å². The molecule has 0 bridgehead atoms. The first kappa shape index (κ1) is 21.6. The van der Waals surface area contributed by atoms with Gasteiger partial charge < -0.3 is 14.4 Å². The Balaban J connectivity index is 1.45. The Morgan fingerprint density at radius 2 is 1.85 bits per heavy atom. The van der Waals surface area contributed by atoms with Gasteiger partial charge in [-0.15, -0.1) is 0 Å². The van der Waals surface area contributed by atoms with Crippen molar-refractivity contribution in [2.75, 3.05) is 31.1 Å². The molecule has 4 aromatic rings. The fraction of sp³-hybridized carbons (Fsp3) is 0.240. The summed E-state index contributed by atoms with van der Waals surface area (Å²) in [6, 6.07) is 14.9. The van der Waals surface area contributed by atoms with E-state index in [-0.39, 0.29) is 11.6 Å². The maximum atomic E-state index is 13.9. The molecule has 0 aliphatic carbocycles. The number of hydrogen-bond donors (Lipinski definition) is 0. The molecule has 0 spiro atoms. The monoisotopic (exact) mass is 456 g/mol. The highest BCUT2D eigenvalue weighted by atomic mass is 16.6. The summed E-state index contributed by atoms with van der Waals surface area (Å²) in [4.78, 5) is 36.9. The van der Waals surface area contributed by atoms with Gasteiger partial charge in [-0.3, -0.25) is 19.9 Å². The zero-order valence-corrected chi connectivity index (χ0v) is 18.8. The van der Waals surface area contributed by atoms with Gasteiger partial charge in [0.2, 0.25) is 0 Å². The van der Waals surface area contributed by atoms with E-state index in [1.54, 1.807) is 18.5 Å². The molecule has 0 atom stereocenters. The van der Waals surface area contributed by atoms with Crippen LogP contribution in [0.2, 0.25) is 0 Å². The predicted octanol–water partition coefficient (Wildman–Crippen LogP) is 3.90. The van der Waals surface area contributed by atoms with Gasteiger partial charge in [-0.1, -0.05) is 18.2 Å². The van der Waals surface area contributed by atoms with Crippen molar-refractivity contribution in [1.29, 1.82) is 0 Å². The fourth-order valence-corrected chi connectivity index (χ4v) is 4.63. The average molecular weight is 457 g/mol. The van der Waals surface area contributed by atoms with Crippen molar-refractivity contribution in [3.05, 3.63) is 82.8 Å². The largest absolute Gasteiger partial charge is 0.355 e. The van der Waals surface area contributed by atoms with Crippen molar-refractivity contribution in [2.45, 2.75) is 6.42 Å². The molecular weight excluding hydrogens is 432 g/mol. The molecule has 34 heavy (non-hydrogen) atoms. The van der Waals surface area contributed by atoms with E-state index in [9.17, 15) is 14.9 Å². The van der Waals surface area contributed by atoms with E-state index in [0.29, 0.717) is 31.0 Å². The van der Waals surface area contributed by atoms with Crippen LogP contribution in [-0.4, -0.2) is 56.4 Å². The zero-order valence-electron chi connectivity index (χ0n) is 18.8. The number of aryl methyl sites for hydroxylation is 1. The zero-order chi connectivity index (χ0) is 23.7. The lowest BCUT2D eigenvalue weighted by Gasteiger charge is -2.23. The van der Waals surface area contributed by atoms with Gasteiger partial charge in [-0.2, -0.15) is 0 Å². The number of carbonyl (C=O) groups excluding carboxylic acids is 1. The SMILES string of the molecule is Cn1c(-c2cccnc2)c(C(=O)N2CCCN(c3ccc([N+](=O)[O-])cn3)CC2)c2ccccc21. The van der Waals surface area contributed by atoms with Crippen LogP contribution < -0.4 is 4.90 Å². The van der Waals surface area contributed by atoms with E-state index in [1.807, 2.05) is 48.3 Å². The van der Waals surface area contributed by atoms with Crippen LogP contribution in [0.15, 0.2) is 67.1 Å². The van der Waals surface area contributed by atoms with E-state index in [4.69, 9.17) is 0 Å². The molecular formula is C25H24N6O3. The second kappa shape index (κ2) is 8.93. The molecule has 0 radical (unpaired) electrons. The van der Waals surface area contributed by atoms with Crippen LogP contribution in [0.1, 0.15) is 16.8 Å². The average Bonchev–Trinajstić information content (AvgIpc) is 3.01. The highest BCUT2D eigenvalue weighted by molar-refractivity contribution is 6.12. The summed E-state index contributed by atoms with van der Waals surface area (Å²) in [5.74, 6) is 0.676. The van der Waals surface area contributed by atoms with Crippen molar-refractivity contribution in [2.24, 2.45) is 7.05 Å². The van der Waals surface area contributed by atoms with Crippen molar-refractivity contribution < 1.29 is 9.72 Å². The topological polar surface area (TPSA) is 97.4 Å². The first-order valence-electron chi connectivity index (χ1n) is 11.2. The highest BCUT2D eigenvalue weighted by Crippen LogP contribution is 2.34. The molecule has 1 aliphatic rings. The Labute approximate surface area is 196 Å². The summed E-state index contributed by atoms with van der Waals surface area (Å²) in [6.45, 7) is 2.48. The van der Waals surface area contributed by atoms with E-state index >= 15 is 0 Å². The van der Waals surface area contributed by atoms with Crippen LogP contribution in [0.25, 0.3) is 22.2 Å². The predicted molar refractivity (Wildman–Crippen MR) is 130 cm³/mol. The van der Waals surface area contributed by atoms with Gasteiger partial charge in [0, 0.05) is 68.2 Å². The number of pyridine rings is 2. The summed E-state index contributed by atoms with van der Waals surface area (Å²) < 4.78 is 2.06. The molecule has 3 aromatic heterocycles. The molecule has 1 saturated heterocycles. The lowest BCUT2D eigenvalue weighted by Crippen LogP contribution is -2.35. The van der Waals surface area contributed by atoms with Gasteiger partial charge in [0.15, 0.2) is 0 Å². The lowest BCUT2D eigenvalue weighted by atomic mass is 10.0. The van der Waals surface area contributed by atoms with Crippen molar-refractivity contribution in [3.63, 3.8) is 0 Å². The smallest absolute Gasteiger partial charge is 0.287 e. The van der Waals surface area contributed by atoms with Crippen LogP contribution in [0.5, 0.6) is 0 Å². The molecule has 4 heterocycles. The number of rotatable bonds is 4. The summed E-state index contributed by atoms with van der Waals surface area (Å²) >= 11 is 0. The van der Waals surface area contributed by atoms with Crippen LogP contribution in [0.4, 0.5) is 11.5 Å². The standard InChI is InChI=1S/C25H24N6O3/c1-28-21-8-3-2-7-20(21)23(24(28)18-6-4-11-26-16-18)25(32)30-13-5-12-29(14-15-30)22-10-9-19(17-27-22)31(33)34/h2-4,6-11,16-17H,5,12-15H2,1H3. The molecule has 1 amide bonds. The van der Waals surface area contributed by atoms with Crippen molar-refractivity contribution >= 4 is 28.3 Å².